The van der Waals surface area contributed by atoms with Crippen molar-refractivity contribution in [3.8, 4) is 0 Å². The molecule has 1 N–H and O–H groups in total. The summed E-state index contributed by atoms with van der Waals surface area (Å²) >= 11 is 1.46. The smallest absolute Gasteiger partial charge is 0.233 e. The van der Waals surface area contributed by atoms with Gasteiger partial charge in [0.05, 0.1) is 16.1 Å². The average molecular weight is 401 g/mol. The van der Waals surface area contributed by atoms with Gasteiger partial charge in [0.2, 0.25) is 5.91 Å². The van der Waals surface area contributed by atoms with E-state index in [-0.39, 0.29) is 11.7 Å². The summed E-state index contributed by atoms with van der Waals surface area (Å²) in [5.74, 6) is -0.612. The lowest BCUT2D eigenvalue weighted by Gasteiger charge is -2.12. The van der Waals surface area contributed by atoms with Gasteiger partial charge in [-0.3, -0.25) is 9.59 Å². The third-order valence-electron chi connectivity index (χ3n) is 4.93. The number of fused-ring (bicyclic) bond motifs is 1. The fourth-order valence-corrected chi connectivity index (χ4v) is 4.16. The molecule has 0 aliphatic rings. The Morgan fingerprint density at radius 1 is 0.931 bits per heavy atom. The van der Waals surface area contributed by atoms with Crippen molar-refractivity contribution in [2.45, 2.75) is 19.8 Å². The Morgan fingerprint density at radius 3 is 2.41 bits per heavy atom. The first-order chi connectivity index (χ1) is 14.0. The number of thiazole rings is 1. The molecule has 5 heteroatoms. The predicted octanol–water partition coefficient (Wildman–Crippen LogP) is 5.58. The normalized spacial score (nSPS) is 11.9. The first-order valence-corrected chi connectivity index (χ1v) is 10.2. The molecule has 1 atom stereocenters. The molecule has 29 heavy (non-hydrogen) atoms. The van der Waals surface area contributed by atoms with E-state index in [1.807, 2.05) is 62.4 Å². The Bertz CT molecular complexity index is 1200. The maximum absolute atomic E-state index is 12.8. The zero-order chi connectivity index (χ0) is 20.4. The lowest BCUT2D eigenvalue weighted by atomic mass is 9.95. The Kier molecular flexibility index (Phi) is 5.23. The molecular weight excluding hydrogens is 380 g/mol. The topological polar surface area (TPSA) is 59.1 Å². The Hall–Kier alpha value is -3.31. The Morgan fingerprint density at radius 2 is 1.66 bits per heavy atom. The predicted molar refractivity (Wildman–Crippen MR) is 118 cm³/mol. The summed E-state index contributed by atoms with van der Waals surface area (Å²) in [6.45, 7) is 3.84. The summed E-state index contributed by atoms with van der Waals surface area (Å²) in [4.78, 5) is 30.0. The molecule has 0 saturated heterocycles. The molecule has 0 saturated carbocycles. The monoisotopic (exact) mass is 400 g/mol. The van der Waals surface area contributed by atoms with Crippen molar-refractivity contribution in [2.24, 2.45) is 0 Å². The van der Waals surface area contributed by atoms with Crippen LogP contribution in [0.2, 0.25) is 0 Å². The van der Waals surface area contributed by atoms with Gasteiger partial charge in [-0.25, -0.2) is 4.98 Å². The molecule has 0 aliphatic carbocycles. The maximum atomic E-state index is 12.8. The van der Waals surface area contributed by atoms with Crippen LogP contribution in [0.5, 0.6) is 0 Å². The molecule has 4 nitrogen and oxygen atoms in total. The summed E-state index contributed by atoms with van der Waals surface area (Å²) in [5, 5.41) is 3.51. The Labute approximate surface area is 173 Å². The molecule has 3 aromatic carbocycles. The largest absolute Gasteiger partial charge is 0.301 e. The fraction of sp³-hybridized carbons (Fsp3) is 0.125. The minimum Gasteiger partial charge on any atom is -0.301 e. The summed E-state index contributed by atoms with van der Waals surface area (Å²) in [7, 11) is 0. The van der Waals surface area contributed by atoms with Gasteiger partial charge in [0.1, 0.15) is 0 Å². The van der Waals surface area contributed by atoms with Crippen molar-refractivity contribution >= 4 is 38.4 Å². The highest BCUT2D eigenvalue weighted by molar-refractivity contribution is 7.22. The van der Waals surface area contributed by atoms with Gasteiger partial charge in [-0.15, -0.1) is 0 Å². The highest BCUT2D eigenvalue weighted by Gasteiger charge is 2.19. The second-order valence-corrected chi connectivity index (χ2v) is 8.00. The van der Waals surface area contributed by atoms with E-state index >= 15 is 0 Å². The number of anilines is 1. The van der Waals surface area contributed by atoms with Crippen LogP contribution in [0, 0.1) is 6.92 Å². The number of hydrogen-bond acceptors (Lipinski definition) is 4. The Balaban J connectivity index is 1.54. The summed E-state index contributed by atoms with van der Waals surface area (Å²) in [6.07, 6.45) is 0. The first kappa shape index (κ1) is 19.0. The van der Waals surface area contributed by atoms with Gasteiger partial charge in [-0.1, -0.05) is 72.0 Å². The van der Waals surface area contributed by atoms with Crippen molar-refractivity contribution in [3.05, 3.63) is 95.1 Å². The number of benzene rings is 3. The lowest BCUT2D eigenvalue weighted by Crippen LogP contribution is -2.19. The number of rotatable bonds is 5. The van der Waals surface area contributed by atoms with E-state index in [0.29, 0.717) is 16.3 Å². The van der Waals surface area contributed by atoms with E-state index in [9.17, 15) is 9.59 Å². The summed E-state index contributed by atoms with van der Waals surface area (Å²) < 4.78 is 1.04. The van der Waals surface area contributed by atoms with Gasteiger partial charge in [0.15, 0.2) is 10.9 Å². The number of carbonyl (C=O) groups is 2. The molecule has 4 rings (SSSR count). The molecule has 4 aromatic rings. The third-order valence-corrected chi connectivity index (χ3v) is 5.86. The van der Waals surface area contributed by atoms with Gasteiger partial charge >= 0.3 is 0 Å². The molecule has 144 valence electrons. The minimum absolute atomic E-state index is 0.0540. The molecule has 0 spiro atoms. The molecule has 0 bridgehead atoms. The van der Waals surface area contributed by atoms with Crippen LogP contribution in [0.15, 0.2) is 72.8 Å². The van der Waals surface area contributed by atoms with E-state index in [4.69, 9.17) is 0 Å². The maximum Gasteiger partial charge on any atom is 0.233 e. The molecule has 0 radical (unpaired) electrons. The van der Waals surface area contributed by atoms with E-state index in [1.54, 1.807) is 24.3 Å². The quantitative estimate of drug-likeness (QED) is 0.445. The van der Waals surface area contributed by atoms with E-state index in [0.717, 1.165) is 21.3 Å². The number of amides is 1. The summed E-state index contributed by atoms with van der Waals surface area (Å²) in [6, 6.07) is 22.4. The molecular formula is C24H20N2O2S. The molecule has 1 amide bonds. The average Bonchev–Trinajstić information content (AvgIpc) is 3.17. The van der Waals surface area contributed by atoms with Crippen LogP contribution in [0.4, 0.5) is 5.13 Å². The molecule has 1 unspecified atom stereocenters. The summed E-state index contributed by atoms with van der Waals surface area (Å²) in [5.41, 5.74) is 3.99. The van der Waals surface area contributed by atoms with Crippen LogP contribution in [0.1, 0.15) is 39.9 Å². The highest BCUT2D eigenvalue weighted by atomic mass is 32.1. The van der Waals surface area contributed by atoms with Crippen molar-refractivity contribution in [2.75, 3.05) is 5.32 Å². The lowest BCUT2D eigenvalue weighted by molar-refractivity contribution is -0.117. The molecule has 1 aromatic heterocycles. The SMILES string of the molecule is Cc1cccc2sc(NC(=O)C(C)c3cccc(C(=O)c4ccccc4)c3)nc12. The van der Waals surface area contributed by atoms with Gasteiger partial charge in [-0.05, 0) is 37.1 Å². The van der Waals surface area contributed by atoms with Crippen LogP contribution in [0.25, 0.3) is 10.2 Å². The minimum atomic E-state index is -0.411. The zero-order valence-electron chi connectivity index (χ0n) is 16.2. The molecule has 0 fully saturated rings. The van der Waals surface area contributed by atoms with Crippen LogP contribution >= 0.6 is 11.3 Å². The van der Waals surface area contributed by atoms with E-state index < -0.39 is 5.92 Å². The van der Waals surface area contributed by atoms with E-state index in [2.05, 4.69) is 10.3 Å². The molecule has 0 aliphatic heterocycles. The van der Waals surface area contributed by atoms with Crippen LogP contribution in [-0.2, 0) is 4.79 Å². The number of hydrogen-bond donors (Lipinski definition) is 1. The second-order valence-electron chi connectivity index (χ2n) is 6.97. The van der Waals surface area contributed by atoms with Gasteiger partial charge < -0.3 is 5.32 Å². The highest BCUT2D eigenvalue weighted by Crippen LogP contribution is 2.29. The van der Waals surface area contributed by atoms with Gasteiger partial charge in [0, 0.05) is 11.1 Å². The number of aryl methyl sites for hydroxylation is 1. The first-order valence-electron chi connectivity index (χ1n) is 9.39. The number of aromatic nitrogens is 1. The number of para-hydroxylation sites is 1. The number of carbonyl (C=O) groups excluding carboxylic acids is 2. The van der Waals surface area contributed by atoms with Crippen molar-refractivity contribution in [1.82, 2.24) is 4.98 Å². The van der Waals surface area contributed by atoms with Crippen LogP contribution < -0.4 is 5.32 Å². The fourth-order valence-electron chi connectivity index (χ4n) is 3.21. The van der Waals surface area contributed by atoms with Crippen molar-refractivity contribution in [3.63, 3.8) is 0 Å². The number of ketones is 1. The number of nitrogens with one attached hydrogen (secondary N) is 1. The van der Waals surface area contributed by atoms with Gasteiger partial charge in [-0.2, -0.15) is 0 Å². The van der Waals surface area contributed by atoms with Crippen molar-refractivity contribution in [1.29, 1.82) is 0 Å². The van der Waals surface area contributed by atoms with Crippen LogP contribution in [-0.4, -0.2) is 16.7 Å². The van der Waals surface area contributed by atoms with Crippen LogP contribution in [0.3, 0.4) is 0 Å². The van der Waals surface area contributed by atoms with Crippen molar-refractivity contribution < 1.29 is 9.59 Å². The van der Waals surface area contributed by atoms with E-state index in [1.165, 1.54) is 11.3 Å². The number of nitrogens with zero attached hydrogens (tertiary/aromatic N) is 1. The standard InChI is InChI=1S/C24H20N2O2S/c1-15-8-6-13-20-21(15)25-24(29-20)26-23(28)16(2)18-11-7-12-19(14-18)22(27)17-9-4-3-5-10-17/h3-14,16H,1-2H3,(H,25,26,28). The zero-order valence-corrected chi connectivity index (χ0v) is 17.0. The van der Waals surface area contributed by atoms with Gasteiger partial charge in [0.25, 0.3) is 0 Å². The molecule has 1 heterocycles. The third kappa shape index (κ3) is 3.96. The second kappa shape index (κ2) is 7.97.